The van der Waals surface area contributed by atoms with Crippen molar-refractivity contribution >= 4 is 22.5 Å². The molecule has 3 aliphatic heterocycles. The van der Waals surface area contributed by atoms with Crippen LogP contribution in [0.2, 0.25) is 5.02 Å². The van der Waals surface area contributed by atoms with Crippen LogP contribution in [-0.4, -0.2) is 35.6 Å². The van der Waals surface area contributed by atoms with Crippen molar-refractivity contribution in [3.63, 3.8) is 0 Å². The number of hydrogen-bond acceptors (Lipinski definition) is 2. The Balaban J connectivity index is 1.76. The molecule has 3 saturated heterocycles. The first-order valence-electron chi connectivity index (χ1n) is 8.34. The number of nitrogens with two attached hydrogens (primary N) is 1. The van der Waals surface area contributed by atoms with E-state index in [9.17, 15) is 0 Å². The van der Waals surface area contributed by atoms with Crippen LogP contribution in [0, 0.1) is 11.8 Å². The summed E-state index contributed by atoms with van der Waals surface area (Å²) in [6, 6.07) is 6.22. The largest absolute Gasteiger partial charge is 0.350 e. The second kappa shape index (κ2) is 5.55. The fourth-order valence-electron chi connectivity index (χ4n) is 4.68. The van der Waals surface area contributed by atoms with Gasteiger partial charge in [-0.15, -0.1) is 0 Å². The number of nitrogens with zero attached hydrogens (tertiary/aromatic N) is 2. The summed E-state index contributed by atoms with van der Waals surface area (Å²) in [6.07, 6.45) is 4.96. The molecule has 2 N–H and O–H groups in total. The van der Waals surface area contributed by atoms with Crippen molar-refractivity contribution in [1.82, 2.24) is 9.47 Å². The van der Waals surface area contributed by atoms with Gasteiger partial charge in [0.05, 0.1) is 0 Å². The SMILES string of the molecule is Cn1cc(C(CN)C2CN3CCC2CC3)c2ccc(Cl)cc21. The summed E-state index contributed by atoms with van der Waals surface area (Å²) < 4.78 is 2.20. The van der Waals surface area contributed by atoms with E-state index in [1.807, 2.05) is 6.07 Å². The zero-order chi connectivity index (χ0) is 15.3. The van der Waals surface area contributed by atoms with Crippen LogP contribution in [0.4, 0.5) is 0 Å². The van der Waals surface area contributed by atoms with Crippen LogP contribution in [0.25, 0.3) is 10.9 Å². The number of benzene rings is 1. The van der Waals surface area contributed by atoms with Gasteiger partial charge in [0.25, 0.3) is 0 Å². The number of aromatic nitrogens is 1. The lowest BCUT2D eigenvalue weighted by atomic mass is 9.70. The zero-order valence-electron chi connectivity index (χ0n) is 13.1. The Bertz CT molecular complexity index is 685. The fraction of sp³-hybridized carbons (Fsp3) is 0.556. The first kappa shape index (κ1) is 14.6. The maximum Gasteiger partial charge on any atom is 0.0495 e. The molecular formula is C18H24ClN3. The van der Waals surface area contributed by atoms with Gasteiger partial charge in [0, 0.05) is 41.6 Å². The molecule has 4 heterocycles. The van der Waals surface area contributed by atoms with Crippen LogP contribution in [0.5, 0.6) is 0 Å². The Morgan fingerprint density at radius 3 is 2.73 bits per heavy atom. The summed E-state index contributed by atoms with van der Waals surface area (Å²) >= 11 is 6.17. The Kier molecular flexibility index (Phi) is 3.67. The molecule has 0 radical (unpaired) electrons. The highest BCUT2D eigenvalue weighted by Crippen LogP contribution is 2.42. The van der Waals surface area contributed by atoms with E-state index in [1.54, 1.807) is 0 Å². The molecule has 0 aliphatic carbocycles. The molecule has 1 aromatic carbocycles. The number of piperidine rings is 3. The van der Waals surface area contributed by atoms with Gasteiger partial charge in [-0.2, -0.15) is 0 Å². The molecule has 0 saturated carbocycles. The van der Waals surface area contributed by atoms with Crippen molar-refractivity contribution in [3.8, 4) is 0 Å². The molecule has 3 fully saturated rings. The van der Waals surface area contributed by atoms with E-state index in [-0.39, 0.29) is 0 Å². The minimum absolute atomic E-state index is 0.456. The van der Waals surface area contributed by atoms with Crippen molar-refractivity contribution in [1.29, 1.82) is 0 Å². The highest BCUT2D eigenvalue weighted by atomic mass is 35.5. The van der Waals surface area contributed by atoms with Gasteiger partial charge in [0.15, 0.2) is 0 Å². The molecule has 2 atom stereocenters. The average Bonchev–Trinajstić information content (AvgIpc) is 2.86. The number of rotatable bonds is 3. The molecule has 2 aromatic rings. The number of aryl methyl sites for hydroxylation is 1. The monoisotopic (exact) mass is 317 g/mol. The van der Waals surface area contributed by atoms with Crippen LogP contribution in [0.15, 0.2) is 24.4 Å². The summed E-state index contributed by atoms with van der Waals surface area (Å²) in [5, 5.41) is 2.12. The molecule has 0 amide bonds. The molecule has 5 rings (SSSR count). The van der Waals surface area contributed by atoms with Crippen LogP contribution in [0.1, 0.15) is 24.3 Å². The second-order valence-corrected chi connectivity index (χ2v) is 7.44. The predicted molar refractivity (Wildman–Crippen MR) is 92.4 cm³/mol. The molecule has 3 nitrogen and oxygen atoms in total. The van der Waals surface area contributed by atoms with Gasteiger partial charge in [0.2, 0.25) is 0 Å². The van der Waals surface area contributed by atoms with Crippen molar-refractivity contribution in [2.45, 2.75) is 18.8 Å². The van der Waals surface area contributed by atoms with Crippen molar-refractivity contribution in [3.05, 3.63) is 35.0 Å². The second-order valence-electron chi connectivity index (χ2n) is 7.00. The van der Waals surface area contributed by atoms with Crippen molar-refractivity contribution < 1.29 is 0 Å². The van der Waals surface area contributed by atoms with Gasteiger partial charge in [-0.3, -0.25) is 0 Å². The summed E-state index contributed by atoms with van der Waals surface area (Å²) in [4.78, 5) is 2.62. The first-order chi connectivity index (χ1) is 10.7. The predicted octanol–water partition coefficient (Wildman–Crippen LogP) is 3.22. The Labute approximate surface area is 137 Å². The van der Waals surface area contributed by atoms with Gasteiger partial charge >= 0.3 is 0 Å². The van der Waals surface area contributed by atoms with Crippen molar-refractivity contribution in [2.24, 2.45) is 24.6 Å². The van der Waals surface area contributed by atoms with E-state index in [2.05, 4.69) is 34.8 Å². The summed E-state index contributed by atoms with van der Waals surface area (Å²) in [6.45, 7) is 4.51. The van der Waals surface area contributed by atoms with Gasteiger partial charge in [0.1, 0.15) is 0 Å². The lowest BCUT2D eigenvalue weighted by molar-refractivity contribution is 0.0381. The van der Waals surface area contributed by atoms with E-state index in [0.717, 1.165) is 17.5 Å². The summed E-state index contributed by atoms with van der Waals surface area (Å²) in [5.41, 5.74) is 8.87. The summed E-state index contributed by atoms with van der Waals surface area (Å²) in [5.74, 6) is 2.01. The third-order valence-electron chi connectivity index (χ3n) is 5.86. The normalized spacial score (nSPS) is 29.1. The fourth-order valence-corrected chi connectivity index (χ4v) is 4.85. The van der Waals surface area contributed by atoms with Crippen LogP contribution in [-0.2, 0) is 7.05 Å². The molecule has 22 heavy (non-hydrogen) atoms. The maximum absolute atomic E-state index is 6.24. The minimum atomic E-state index is 0.456. The lowest BCUT2D eigenvalue weighted by Gasteiger charge is -2.47. The lowest BCUT2D eigenvalue weighted by Crippen LogP contribution is -2.50. The Morgan fingerprint density at radius 2 is 2.09 bits per heavy atom. The van der Waals surface area contributed by atoms with E-state index < -0.39 is 0 Å². The highest BCUT2D eigenvalue weighted by Gasteiger charge is 2.39. The molecule has 2 unspecified atom stereocenters. The van der Waals surface area contributed by atoms with Crippen molar-refractivity contribution in [2.75, 3.05) is 26.2 Å². The number of fused-ring (bicyclic) bond motifs is 4. The first-order valence-corrected chi connectivity index (χ1v) is 8.72. The van der Waals surface area contributed by atoms with Gasteiger partial charge < -0.3 is 15.2 Å². The summed E-state index contributed by atoms with van der Waals surface area (Å²) in [7, 11) is 2.10. The van der Waals surface area contributed by atoms with E-state index in [1.165, 1.54) is 48.9 Å². The standard InChI is InChI=1S/C18H24ClN3/c1-21-10-17(14-3-2-13(19)8-18(14)21)15(9-20)16-11-22-6-4-12(16)5-7-22/h2-3,8,10,12,15-16H,4-7,9,11,20H2,1H3. The molecule has 3 aliphatic rings. The minimum Gasteiger partial charge on any atom is -0.350 e. The molecule has 2 bridgehead atoms. The average molecular weight is 318 g/mol. The zero-order valence-corrected chi connectivity index (χ0v) is 13.9. The number of halogens is 1. The topological polar surface area (TPSA) is 34.2 Å². The van der Waals surface area contributed by atoms with Gasteiger partial charge in [-0.05, 0) is 62.0 Å². The third-order valence-corrected chi connectivity index (χ3v) is 6.10. The molecule has 1 aromatic heterocycles. The van der Waals surface area contributed by atoms with Crippen LogP contribution in [0.3, 0.4) is 0 Å². The smallest absolute Gasteiger partial charge is 0.0495 e. The molecule has 0 spiro atoms. The van der Waals surface area contributed by atoms with Crippen LogP contribution < -0.4 is 5.73 Å². The van der Waals surface area contributed by atoms with Gasteiger partial charge in [-0.25, -0.2) is 0 Å². The van der Waals surface area contributed by atoms with Gasteiger partial charge in [-0.1, -0.05) is 17.7 Å². The van der Waals surface area contributed by atoms with E-state index >= 15 is 0 Å². The quantitative estimate of drug-likeness (QED) is 0.943. The maximum atomic E-state index is 6.24. The third kappa shape index (κ3) is 2.27. The van der Waals surface area contributed by atoms with E-state index in [0.29, 0.717) is 11.8 Å². The molecule has 4 heteroatoms. The Morgan fingerprint density at radius 1 is 1.32 bits per heavy atom. The number of hydrogen-bond donors (Lipinski definition) is 1. The van der Waals surface area contributed by atoms with Crippen LogP contribution >= 0.6 is 11.6 Å². The molecule has 118 valence electrons. The highest BCUT2D eigenvalue weighted by molar-refractivity contribution is 6.31. The van der Waals surface area contributed by atoms with E-state index in [4.69, 9.17) is 17.3 Å². The molecular weight excluding hydrogens is 294 g/mol. The Hall–Kier alpha value is -1.03.